The fourth-order valence-electron chi connectivity index (χ4n) is 2.20. The van der Waals surface area contributed by atoms with Gasteiger partial charge in [-0.25, -0.2) is 0 Å². The van der Waals surface area contributed by atoms with Gasteiger partial charge in [-0.2, -0.15) is 0 Å². The topological polar surface area (TPSA) is 28.4 Å². The van der Waals surface area contributed by atoms with E-state index >= 15 is 0 Å². The summed E-state index contributed by atoms with van der Waals surface area (Å²) in [7, 11) is 4.11. The third kappa shape index (κ3) is 3.85. The number of furan rings is 1. The number of nitrogens with one attached hydrogen (secondary N) is 1. The van der Waals surface area contributed by atoms with Gasteiger partial charge in [0.2, 0.25) is 0 Å². The standard InChI is InChI=1S/C16H21ClN2O/c1-12(13-6-4-7-14(17)10-13)18-11-15(19(2)3)16-8-5-9-20-16/h4-10,12,15,18H,11H2,1-3H3. The third-order valence-electron chi connectivity index (χ3n) is 3.46. The van der Waals surface area contributed by atoms with Crippen LogP contribution in [0.25, 0.3) is 0 Å². The summed E-state index contributed by atoms with van der Waals surface area (Å²) in [5, 5.41) is 4.31. The molecule has 2 aromatic rings. The highest BCUT2D eigenvalue weighted by molar-refractivity contribution is 6.30. The van der Waals surface area contributed by atoms with E-state index in [1.807, 2.05) is 30.3 Å². The number of hydrogen-bond acceptors (Lipinski definition) is 3. The maximum absolute atomic E-state index is 6.03. The van der Waals surface area contributed by atoms with Gasteiger partial charge in [0.1, 0.15) is 5.76 Å². The lowest BCUT2D eigenvalue weighted by atomic mass is 10.1. The molecule has 20 heavy (non-hydrogen) atoms. The Hall–Kier alpha value is -1.29. The second-order valence-corrected chi connectivity index (χ2v) is 5.62. The van der Waals surface area contributed by atoms with Crippen LogP contribution in [0.4, 0.5) is 0 Å². The van der Waals surface area contributed by atoms with Crippen LogP contribution in [0.5, 0.6) is 0 Å². The molecule has 0 fully saturated rings. The van der Waals surface area contributed by atoms with Crippen molar-refractivity contribution in [3.63, 3.8) is 0 Å². The highest BCUT2D eigenvalue weighted by Gasteiger charge is 2.17. The molecule has 0 amide bonds. The van der Waals surface area contributed by atoms with Crippen molar-refractivity contribution in [1.29, 1.82) is 0 Å². The summed E-state index contributed by atoms with van der Waals surface area (Å²) in [5.41, 5.74) is 1.19. The maximum atomic E-state index is 6.03. The van der Waals surface area contributed by atoms with E-state index in [2.05, 4.69) is 37.3 Å². The van der Waals surface area contributed by atoms with Crippen LogP contribution in [0.15, 0.2) is 47.1 Å². The zero-order valence-electron chi connectivity index (χ0n) is 12.1. The predicted octanol–water partition coefficient (Wildman–Crippen LogP) is 3.89. The average molecular weight is 293 g/mol. The minimum Gasteiger partial charge on any atom is -0.468 e. The minimum atomic E-state index is 0.214. The average Bonchev–Trinajstić information content (AvgIpc) is 2.92. The van der Waals surface area contributed by atoms with E-state index < -0.39 is 0 Å². The Balaban J connectivity index is 1.99. The van der Waals surface area contributed by atoms with Gasteiger partial charge in [-0.15, -0.1) is 0 Å². The summed E-state index contributed by atoms with van der Waals surface area (Å²) >= 11 is 6.03. The largest absolute Gasteiger partial charge is 0.468 e. The second kappa shape index (κ2) is 6.93. The van der Waals surface area contributed by atoms with E-state index in [1.54, 1.807) is 6.26 Å². The van der Waals surface area contributed by atoms with Crippen LogP contribution in [0.3, 0.4) is 0 Å². The lowest BCUT2D eigenvalue weighted by Gasteiger charge is -2.25. The fourth-order valence-corrected chi connectivity index (χ4v) is 2.40. The Labute approximate surface area is 125 Å². The molecule has 0 bridgehead atoms. The van der Waals surface area contributed by atoms with Crippen molar-refractivity contribution < 1.29 is 4.42 Å². The quantitative estimate of drug-likeness (QED) is 0.876. The van der Waals surface area contributed by atoms with E-state index in [4.69, 9.17) is 16.0 Å². The van der Waals surface area contributed by atoms with Crippen LogP contribution in [-0.2, 0) is 0 Å². The van der Waals surface area contributed by atoms with Crippen molar-refractivity contribution in [1.82, 2.24) is 10.2 Å². The molecule has 2 atom stereocenters. The monoisotopic (exact) mass is 292 g/mol. The highest BCUT2D eigenvalue weighted by Crippen LogP contribution is 2.21. The molecule has 0 saturated heterocycles. The van der Waals surface area contributed by atoms with E-state index in [-0.39, 0.29) is 12.1 Å². The summed E-state index contributed by atoms with van der Waals surface area (Å²) in [6.07, 6.45) is 1.71. The second-order valence-electron chi connectivity index (χ2n) is 5.18. The highest BCUT2D eigenvalue weighted by atomic mass is 35.5. The Morgan fingerprint density at radius 1 is 1.25 bits per heavy atom. The zero-order valence-corrected chi connectivity index (χ0v) is 12.9. The van der Waals surface area contributed by atoms with Crippen LogP contribution in [0, 0.1) is 0 Å². The zero-order chi connectivity index (χ0) is 14.5. The van der Waals surface area contributed by atoms with Gasteiger partial charge in [-0.3, -0.25) is 4.90 Å². The molecule has 2 unspecified atom stereocenters. The van der Waals surface area contributed by atoms with Gasteiger partial charge < -0.3 is 9.73 Å². The molecular weight excluding hydrogens is 272 g/mol. The van der Waals surface area contributed by atoms with E-state index in [1.165, 1.54) is 5.56 Å². The van der Waals surface area contributed by atoms with Crippen molar-refractivity contribution in [2.75, 3.05) is 20.6 Å². The summed E-state index contributed by atoms with van der Waals surface area (Å²) in [6, 6.07) is 12.3. The maximum Gasteiger partial charge on any atom is 0.122 e. The number of hydrogen-bond donors (Lipinski definition) is 1. The number of likely N-dealkylation sites (N-methyl/N-ethyl adjacent to an activating group) is 1. The van der Waals surface area contributed by atoms with Crippen LogP contribution in [0.2, 0.25) is 5.02 Å². The number of benzene rings is 1. The van der Waals surface area contributed by atoms with Gasteiger partial charge >= 0.3 is 0 Å². The number of halogens is 1. The lowest BCUT2D eigenvalue weighted by Crippen LogP contribution is -2.32. The van der Waals surface area contributed by atoms with Gasteiger partial charge in [-0.1, -0.05) is 23.7 Å². The normalized spacial score (nSPS) is 14.4. The SMILES string of the molecule is CC(NCC(c1ccco1)N(C)C)c1cccc(Cl)c1. The Kier molecular flexibility index (Phi) is 5.24. The fraction of sp³-hybridized carbons (Fsp3) is 0.375. The minimum absolute atomic E-state index is 0.214. The number of rotatable bonds is 6. The van der Waals surface area contributed by atoms with Crippen LogP contribution < -0.4 is 5.32 Å². The smallest absolute Gasteiger partial charge is 0.122 e. The first-order chi connectivity index (χ1) is 9.58. The van der Waals surface area contributed by atoms with Crippen molar-refractivity contribution in [3.05, 3.63) is 59.0 Å². The van der Waals surface area contributed by atoms with Crippen LogP contribution >= 0.6 is 11.6 Å². The molecule has 0 radical (unpaired) electrons. The molecule has 1 aromatic carbocycles. The van der Waals surface area contributed by atoms with Gasteiger partial charge in [0, 0.05) is 17.6 Å². The van der Waals surface area contributed by atoms with E-state index in [0.29, 0.717) is 0 Å². The van der Waals surface area contributed by atoms with Crippen molar-refractivity contribution in [2.45, 2.75) is 19.0 Å². The Morgan fingerprint density at radius 2 is 2.05 bits per heavy atom. The Morgan fingerprint density at radius 3 is 2.65 bits per heavy atom. The molecule has 2 rings (SSSR count). The van der Waals surface area contributed by atoms with Crippen LogP contribution in [0.1, 0.15) is 30.3 Å². The van der Waals surface area contributed by atoms with Gasteiger partial charge in [0.25, 0.3) is 0 Å². The molecule has 1 N–H and O–H groups in total. The van der Waals surface area contributed by atoms with E-state index in [9.17, 15) is 0 Å². The first kappa shape index (κ1) is 15.1. The summed E-state index contributed by atoms with van der Waals surface area (Å²) in [4.78, 5) is 2.15. The summed E-state index contributed by atoms with van der Waals surface area (Å²) in [5.74, 6) is 0.973. The van der Waals surface area contributed by atoms with Crippen molar-refractivity contribution in [2.24, 2.45) is 0 Å². The van der Waals surface area contributed by atoms with Crippen molar-refractivity contribution >= 4 is 11.6 Å². The Bertz CT molecular complexity index is 525. The molecule has 0 spiro atoms. The molecule has 3 nitrogen and oxygen atoms in total. The van der Waals surface area contributed by atoms with Gasteiger partial charge in [-0.05, 0) is 50.8 Å². The summed E-state index contributed by atoms with van der Waals surface area (Å²) < 4.78 is 5.51. The molecule has 4 heteroatoms. The predicted molar refractivity (Wildman–Crippen MR) is 83.0 cm³/mol. The van der Waals surface area contributed by atoms with Gasteiger partial charge in [0.05, 0.1) is 12.3 Å². The number of nitrogens with zero attached hydrogens (tertiary/aromatic N) is 1. The summed E-state index contributed by atoms with van der Waals surface area (Å²) in [6.45, 7) is 2.95. The lowest BCUT2D eigenvalue weighted by molar-refractivity contribution is 0.245. The van der Waals surface area contributed by atoms with Gasteiger partial charge in [0.15, 0.2) is 0 Å². The molecule has 0 aliphatic rings. The molecule has 0 saturated carbocycles. The van der Waals surface area contributed by atoms with Crippen LogP contribution in [-0.4, -0.2) is 25.5 Å². The first-order valence-electron chi connectivity index (χ1n) is 6.76. The van der Waals surface area contributed by atoms with Crippen molar-refractivity contribution in [3.8, 4) is 0 Å². The van der Waals surface area contributed by atoms with E-state index in [0.717, 1.165) is 17.3 Å². The molecule has 1 heterocycles. The molecular formula is C16H21ClN2O. The third-order valence-corrected chi connectivity index (χ3v) is 3.70. The molecule has 108 valence electrons. The molecule has 1 aromatic heterocycles. The molecule has 0 aliphatic carbocycles. The first-order valence-corrected chi connectivity index (χ1v) is 7.14. The molecule has 0 aliphatic heterocycles.